The lowest BCUT2D eigenvalue weighted by Crippen LogP contribution is -2.41. The van der Waals surface area contributed by atoms with Crippen LogP contribution in [0.25, 0.3) is 0 Å². The first-order valence-corrected chi connectivity index (χ1v) is 6.84. The molecule has 0 aromatic carbocycles. The van der Waals surface area contributed by atoms with Crippen molar-refractivity contribution in [3.63, 3.8) is 0 Å². The van der Waals surface area contributed by atoms with E-state index in [-0.39, 0.29) is 18.3 Å². The number of nitrogens with zero attached hydrogens (tertiary/aromatic N) is 1. The predicted molar refractivity (Wildman–Crippen MR) is 83.8 cm³/mol. The molecule has 1 aliphatic rings. The Kier molecular flexibility index (Phi) is 4.69. The Morgan fingerprint density at radius 1 is 1.15 bits per heavy atom. The van der Waals surface area contributed by atoms with E-state index in [2.05, 4.69) is 11.7 Å². The van der Waals surface area contributed by atoms with Gasteiger partial charge in [-0.25, -0.2) is 0 Å². The van der Waals surface area contributed by atoms with Crippen molar-refractivity contribution in [2.45, 2.75) is 65.3 Å². The quantitative estimate of drug-likeness (QED) is 0.489. The van der Waals surface area contributed by atoms with Gasteiger partial charge in [-0.05, 0) is 66.7 Å². The van der Waals surface area contributed by atoms with E-state index in [1.807, 2.05) is 40.7 Å². The van der Waals surface area contributed by atoms with Crippen molar-refractivity contribution < 1.29 is 14.4 Å². The summed E-state index contributed by atoms with van der Waals surface area (Å²) in [5.41, 5.74) is -0.296. The second-order valence-electron chi connectivity index (χ2n) is 6.77. The second kappa shape index (κ2) is 5.47. The van der Waals surface area contributed by atoms with E-state index in [4.69, 9.17) is 9.31 Å². The number of allylic oxidation sites excluding steroid dienone is 3. The standard InChI is InChI=1S/C15H26BNO3/c1-11(9-10-12(17-8)13(2,3)18)16-19-14(4,5)15(6,7)20-16/h9-10,18H,8H2,1-7H3/b11-9+,12-10-. The van der Waals surface area contributed by atoms with Crippen LogP contribution >= 0.6 is 0 Å². The number of rotatable bonds is 4. The molecule has 20 heavy (non-hydrogen) atoms. The largest absolute Gasteiger partial charge is 0.490 e. The maximum absolute atomic E-state index is 9.93. The maximum atomic E-state index is 9.93. The third-order valence-electron chi connectivity index (χ3n) is 3.93. The van der Waals surface area contributed by atoms with Gasteiger partial charge in [-0.1, -0.05) is 6.08 Å². The Morgan fingerprint density at radius 2 is 1.60 bits per heavy atom. The lowest BCUT2D eigenvalue weighted by Gasteiger charge is -2.32. The summed E-state index contributed by atoms with van der Waals surface area (Å²) in [5, 5.41) is 9.93. The lowest BCUT2D eigenvalue weighted by atomic mass is 9.79. The third-order valence-corrected chi connectivity index (χ3v) is 3.93. The van der Waals surface area contributed by atoms with E-state index in [0.29, 0.717) is 5.70 Å². The Hall–Kier alpha value is -0.905. The predicted octanol–water partition coefficient (Wildman–Crippen LogP) is 2.92. The van der Waals surface area contributed by atoms with Gasteiger partial charge in [0, 0.05) is 0 Å². The summed E-state index contributed by atoms with van der Waals surface area (Å²) in [5.74, 6) is 0. The Morgan fingerprint density at radius 3 is 1.95 bits per heavy atom. The van der Waals surface area contributed by atoms with Crippen LogP contribution in [0, 0.1) is 0 Å². The molecule has 112 valence electrons. The highest BCUT2D eigenvalue weighted by Crippen LogP contribution is 2.38. The minimum atomic E-state index is -1.02. The van der Waals surface area contributed by atoms with Crippen molar-refractivity contribution in [1.29, 1.82) is 0 Å². The zero-order chi connectivity index (χ0) is 15.8. The van der Waals surface area contributed by atoms with Gasteiger partial charge in [0.2, 0.25) is 0 Å². The summed E-state index contributed by atoms with van der Waals surface area (Å²) in [6, 6.07) is 0. The van der Waals surface area contributed by atoms with Crippen molar-refractivity contribution in [2.24, 2.45) is 4.99 Å². The van der Waals surface area contributed by atoms with E-state index in [1.54, 1.807) is 19.9 Å². The van der Waals surface area contributed by atoms with Gasteiger partial charge in [0.05, 0.1) is 16.9 Å². The SMILES string of the molecule is C=N/C(=C\C=C(/C)B1OC(C)(C)C(C)(C)O1)C(C)(C)O. The first kappa shape index (κ1) is 17.1. The minimum absolute atomic E-state index is 0.355. The zero-order valence-electron chi connectivity index (χ0n) is 13.7. The van der Waals surface area contributed by atoms with Crippen LogP contribution in [0.1, 0.15) is 48.5 Å². The summed E-state index contributed by atoms with van der Waals surface area (Å²) in [7, 11) is -0.385. The molecule has 0 aromatic heterocycles. The molecular formula is C15H26BNO3. The summed E-state index contributed by atoms with van der Waals surface area (Å²) >= 11 is 0. The van der Waals surface area contributed by atoms with Crippen molar-refractivity contribution in [2.75, 3.05) is 0 Å². The first-order chi connectivity index (χ1) is 8.90. The topological polar surface area (TPSA) is 51.0 Å². The van der Waals surface area contributed by atoms with Crippen molar-refractivity contribution in [3.05, 3.63) is 23.3 Å². The third kappa shape index (κ3) is 3.60. The van der Waals surface area contributed by atoms with Gasteiger partial charge in [0.1, 0.15) is 5.60 Å². The summed E-state index contributed by atoms with van der Waals surface area (Å²) < 4.78 is 11.9. The number of hydrogen-bond acceptors (Lipinski definition) is 4. The minimum Gasteiger partial charge on any atom is -0.400 e. The summed E-state index contributed by atoms with van der Waals surface area (Å²) in [6.45, 7) is 16.8. The summed E-state index contributed by atoms with van der Waals surface area (Å²) in [4.78, 5) is 3.85. The molecule has 1 heterocycles. The van der Waals surface area contributed by atoms with Crippen LogP contribution < -0.4 is 0 Å². The zero-order valence-corrected chi connectivity index (χ0v) is 13.7. The monoisotopic (exact) mass is 279 g/mol. The normalized spacial score (nSPS) is 23.1. The van der Waals surface area contributed by atoms with Gasteiger partial charge in [0.25, 0.3) is 0 Å². The molecule has 0 amide bonds. The average Bonchev–Trinajstić information content (AvgIpc) is 2.47. The Labute approximate surface area is 122 Å². The van der Waals surface area contributed by atoms with E-state index in [1.165, 1.54) is 0 Å². The molecule has 0 radical (unpaired) electrons. The molecule has 0 aromatic rings. The molecule has 0 bridgehead atoms. The fourth-order valence-corrected chi connectivity index (χ4v) is 1.77. The van der Waals surface area contributed by atoms with Crippen molar-refractivity contribution in [3.8, 4) is 0 Å². The van der Waals surface area contributed by atoms with Crippen LogP contribution in [-0.2, 0) is 9.31 Å². The lowest BCUT2D eigenvalue weighted by molar-refractivity contribution is 0.00578. The molecule has 0 unspecified atom stereocenters. The molecule has 1 N–H and O–H groups in total. The van der Waals surface area contributed by atoms with Crippen LogP contribution in [-0.4, -0.2) is 35.7 Å². The van der Waals surface area contributed by atoms with Crippen LogP contribution in [0.3, 0.4) is 0 Å². The van der Waals surface area contributed by atoms with Crippen LogP contribution in [0.15, 0.2) is 28.3 Å². The number of aliphatic imine (C=N–C) groups is 1. The summed E-state index contributed by atoms with van der Waals surface area (Å²) in [6.07, 6.45) is 3.59. The highest BCUT2D eigenvalue weighted by Gasteiger charge is 2.51. The van der Waals surface area contributed by atoms with Gasteiger partial charge in [-0.15, -0.1) is 0 Å². The van der Waals surface area contributed by atoms with E-state index in [9.17, 15) is 5.11 Å². The van der Waals surface area contributed by atoms with E-state index >= 15 is 0 Å². The highest BCUT2D eigenvalue weighted by molar-refractivity contribution is 6.54. The molecule has 0 saturated carbocycles. The molecular weight excluding hydrogens is 253 g/mol. The van der Waals surface area contributed by atoms with E-state index < -0.39 is 5.60 Å². The van der Waals surface area contributed by atoms with Gasteiger partial charge >= 0.3 is 7.12 Å². The fraction of sp³-hybridized carbons (Fsp3) is 0.667. The molecule has 0 spiro atoms. The molecule has 5 heteroatoms. The van der Waals surface area contributed by atoms with E-state index in [0.717, 1.165) is 5.47 Å². The van der Waals surface area contributed by atoms with Crippen LogP contribution in [0.4, 0.5) is 0 Å². The first-order valence-electron chi connectivity index (χ1n) is 6.84. The fourth-order valence-electron chi connectivity index (χ4n) is 1.77. The highest BCUT2D eigenvalue weighted by atomic mass is 16.7. The van der Waals surface area contributed by atoms with Gasteiger partial charge in [-0.2, -0.15) is 0 Å². The second-order valence-corrected chi connectivity index (χ2v) is 6.77. The average molecular weight is 279 g/mol. The number of hydrogen-bond donors (Lipinski definition) is 1. The maximum Gasteiger partial charge on any atom is 0.490 e. The van der Waals surface area contributed by atoms with Crippen molar-refractivity contribution >= 4 is 13.8 Å². The molecule has 1 saturated heterocycles. The molecule has 0 aliphatic carbocycles. The van der Waals surface area contributed by atoms with Gasteiger partial charge in [-0.3, -0.25) is 4.99 Å². The Balaban J connectivity index is 2.92. The van der Waals surface area contributed by atoms with Crippen molar-refractivity contribution in [1.82, 2.24) is 0 Å². The Bertz CT molecular complexity index is 429. The number of aliphatic hydroxyl groups is 1. The molecule has 0 atom stereocenters. The van der Waals surface area contributed by atoms with Crippen LogP contribution in [0.2, 0.25) is 0 Å². The van der Waals surface area contributed by atoms with Crippen LogP contribution in [0.5, 0.6) is 0 Å². The molecule has 4 nitrogen and oxygen atoms in total. The molecule has 1 fully saturated rings. The van der Waals surface area contributed by atoms with Gasteiger partial charge in [0.15, 0.2) is 0 Å². The van der Waals surface area contributed by atoms with Gasteiger partial charge < -0.3 is 14.4 Å². The molecule has 1 aliphatic heterocycles. The molecule has 1 rings (SSSR count). The smallest absolute Gasteiger partial charge is 0.400 e.